The quantitative estimate of drug-likeness (QED) is 0.392. The van der Waals surface area contributed by atoms with Gasteiger partial charge in [0.15, 0.2) is 0 Å². The van der Waals surface area contributed by atoms with E-state index in [0.717, 1.165) is 0 Å². The van der Waals surface area contributed by atoms with E-state index in [1.54, 1.807) is 0 Å². The molecule has 0 aromatic rings. The zero-order chi connectivity index (χ0) is 9.56. The molecule has 0 aliphatic heterocycles. The molecule has 4 heteroatoms. The minimum absolute atomic E-state index is 0.0494. The lowest BCUT2D eigenvalue weighted by Crippen LogP contribution is -2.32. The highest BCUT2D eigenvalue weighted by molar-refractivity contribution is 4.76. The summed E-state index contributed by atoms with van der Waals surface area (Å²) in [7, 11) is 0. The van der Waals surface area contributed by atoms with Crippen molar-refractivity contribution in [2.45, 2.75) is 31.2 Å². The molecule has 0 rings (SSSR count). The maximum atomic E-state index is 9.14. The highest BCUT2D eigenvalue weighted by atomic mass is 16.4. The summed E-state index contributed by atoms with van der Waals surface area (Å²) in [5.41, 5.74) is 0. The van der Waals surface area contributed by atoms with Crippen LogP contribution < -0.4 is 0 Å². The Bertz CT molecular complexity index is 126. The number of hydrogen-bond donors (Lipinski definition) is 4. The molecule has 0 aliphatic carbocycles. The molecule has 0 heterocycles. The first-order valence-electron chi connectivity index (χ1n) is 3.87. The van der Waals surface area contributed by atoms with Gasteiger partial charge in [0, 0.05) is 6.42 Å². The molecule has 0 aliphatic rings. The normalized spacial score (nSPS) is 18.3. The molecule has 0 aromatic carbocycles. The van der Waals surface area contributed by atoms with Gasteiger partial charge in [-0.1, -0.05) is 6.08 Å². The summed E-state index contributed by atoms with van der Waals surface area (Å²) < 4.78 is 0. The smallest absolute Gasteiger partial charge is 0.103 e. The Morgan fingerprint density at radius 1 is 1.17 bits per heavy atom. The second kappa shape index (κ2) is 6.14. The Labute approximate surface area is 71.8 Å². The second-order valence-electron chi connectivity index (χ2n) is 2.73. The van der Waals surface area contributed by atoms with Crippen LogP contribution in [0.5, 0.6) is 0 Å². The van der Waals surface area contributed by atoms with Gasteiger partial charge in [0.05, 0.1) is 18.8 Å². The van der Waals surface area contributed by atoms with Gasteiger partial charge in [0.1, 0.15) is 6.10 Å². The summed E-state index contributed by atoms with van der Waals surface area (Å²) in [4.78, 5) is 0. The molecule has 0 aromatic heterocycles. The van der Waals surface area contributed by atoms with Crippen LogP contribution in [-0.2, 0) is 0 Å². The van der Waals surface area contributed by atoms with Crippen LogP contribution in [0.3, 0.4) is 0 Å². The molecule has 4 nitrogen and oxygen atoms in total. The van der Waals surface area contributed by atoms with E-state index in [1.165, 1.54) is 6.08 Å². The van der Waals surface area contributed by atoms with Gasteiger partial charge in [-0.15, -0.1) is 6.58 Å². The van der Waals surface area contributed by atoms with Crippen molar-refractivity contribution in [3.8, 4) is 0 Å². The van der Waals surface area contributed by atoms with Gasteiger partial charge in [-0.05, 0) is 6.42 Å². The average molecular weight is 176 g/mol. The molecular formula is C8H16O4. The van der Waals surface area contributed by atoms with Crippen molar-refractivity contribution in [1.29, 1.82) is 0 Å². The Balaban J connectivity index is 3.66. The summed E-state index contributed by atoms with van der Waals surface area (Å²) in [6.07, 6.45) is -1.01. The first-order chi connectivity index (χ1) is 5.61. The molecule has 72 valence electrons. The van der Waals surface area contributed by atoms with Crippen LogP contribution in [0.2, 0.25) is 0 Å². The summed E-state index contributed by atoms with van der Waals surface area (Å²) in [5.74, 6) is 0. The third-order valence-electron chi connectivity index (χ3n) is 1.58. The van der Waals surface area contributed by atoms with Crippen molar-refractivity contribution in [2.24, 2.45) is 0 Å². The average Bonchev–Trinajstić information content (AvgIpc) is 2.03. The lowest BCUT2D eigenvalue weighted by Gasteiger charge is -2.17. The Hall–Kier alpha value is -0.420. The van der Waals surface area contributed by atoms with E-state index in [1.807, 2.05) is 0 Å². The third-order valence-corrected chi connectivity index (χ3v) is 1.58. The molecule has 0 amide bonds. The summed E-state index contributed by atoms with van der Waals surface area (Å²) >= 11 is 0. The van der Waals surface area contributed by atoms with Crippen molar-refractivity contribution < 1.29 is 20.4 Å². The van der Waals surface area contributed by atoms with Crippen molar-refractivity contribution in [2.75, 3.05) is 6.61 Å². The van der Waals surface area contributed by atoms with E-state index in [-0.39, 0.29) is 6.42 Å². The highest BCUT2D eigenvalue weighted by Crippen LogP contribution is 2.06. The van der Waals surface area contributed by atoms with Crippen molar-refractivity contribution in [1.82, 2.24) is 0 Å². The van der Waals surface area contributed by atoms with Gasteiger partial charge in [0.25, 0.3) is 0 Å². The molecule has 0 radical (unpaired) electrons. The van der Waals surface area contributed by atoms with Gasteiger partial charge in [0.2, 0.25) is 0 Å². The monoisotopic (exact) mass is 176 g/mol. The van der Waals surface area contributed by atoms with Gasteiger partial charge < -0.3 is 20.4 Å². The SMILES string of the molecule is C=CC[C@H](O)C[C@H](O)[C@H](O)CO. The van der Waals surface area contributed by atoms with Gasteiger partial charge in [-0.2, -0.15) is 0 Å². The first-order valence-corrected chi connectivity index (χ1v) is 3.87. The van der Waals surface area contributed by atoms with E-state index in [0.29, 0.717) is 6.42 Å². The number of hydrogen-bond acceptors (Lipinski definition) is 4. The van der Waals surface area contributed by atoms with Crippen LogP contribution in [0, 0.1) is 0 Å². The molecule has 0 unspecified atom stereocenters. The van der Waals surface area contributed by atoms with Crippen LogP contribution >= 0.6 is 0 Å². The van der Waals surface area contributed by atoms with Crippen LogP contribution in [0.25, 0.3) is 0 Å². The number of aliphatic hydroxyl groups is 4. The number of aliphatic hydroxyl groups excluding tert-OH is 4. The van der Waals surface area contributed by atoms with E-state index in [2.05, 4.69) is 6.58 Å². The molecule has 0 saturated carbocycles. The zero-order valence-corrected chi connectivity index (χ0v) is 6.93. The third kappa shape index (κ3) is 4.46. The fourth-order valence-electron chi connectivity index (χ4n) is 0.846. The zero-order valence-electron chi connectivity index (χ0n) is 6.93. The topological polar surface area (TPSA) is 80.9 Å². The second-order valence-corrected chi connectivity index (χ2v) is 2.73. The summed E-state index contributed by atoms with van der Waals surface area (Å²) in [6.45, 7) is 2.92. The Morgan fingerprint density at radius 3 is 2.17 bits per heavy atom. The van der Waals surface area contributed by atoms with E-state index in [9.17, 15) is 0 Å². The largest absolute Gasteiger partial charge is 0.394 e. The standard InChI is InChI=1S/C8H16O4/c1-2-3-6(10)4-7(11)8(12)5-9/h2,6-12H,1,3-5H2/t6-,7-,8+/m0/s1. The lowest BCUT2D eigenvalue weighted by molar-refractivity contribution is -0.0357. The van der Waals surface area contributed by atoms with Gasteiger partial charge in [-0.3, -0.25) is 0 Å². The van der Waals surface area contributed by atoms with E-state index < -0.39 is 24.9 Å². The minimum Gasteiger partial charge on any atom is -0.394 e. The van der Waals surface area contributed by atoms with Crippen LogP contribution in [0.15, 0.2) is 12.7 Å². The minimum atomic E-state index is -1.18. The molecule has 0 saturated heterocycles. The highest BCUT2D eigenvalue weighted by Gasteiger charge is 2.18. The summed E-state index contributed by atoms with van der Waals surface area (Å²) in [6, 6.07) is 0. The molecule has 0 bridgehead atoms. The van der Waals surface area contributed by atoms with E-state index in [4.69, 9.17) is 20.4 Å². The van der Waals surface area contributed by atoms with Crippen molar-refractivity contribution >= 4 is 0 Å². The summed E-state index contributed by atoms with van der Waals surface area (Å²) in [5, 5.41) is 35.6. The predicted octanol–water partition coefficient (Wildman–Crippen LogP) is -0.972. The molecule has 0 spiro atoms. The lowest BCUT2D eigenvalue weighted by atomic mass is 10.1. The molecule has 12 heavy (non-hydrogen) atoms. The van der Waals surface area contributed by atoms with Gasteiger partial charge in [-0.25, -0.2) is 0 Å². The molecule has 4 N–H and O–H groups in total. The maximum absolute atomic E-state index is 9.14. The van der Waals surface area contributed by atoms with Crippen LogP contribution in [0.4, 0.5) is 0 Å². The molecule has 3 atom stereocenters. The Kier molecular flexibility index (Phi) is 5.92. The fraction of sp³-hybridized carbons (Fsp3) is 0.750. The van der Waals surface area contributed by atoms with Crippen LogP contribution in [0.1, 0.15) is 12.8 Å². The predicted molar refractivity (Wildman–Crippen MR) is 44.5 cm³/mol. The fourth-order valence-corrected chi connectivity index (χ4v) is 0.846. The Morgan fingerprint density at radius 2 is 1.75 bits per heavy atom. The maximum Gasteiger partial charge on any atom is 0.103 e. The van der Waals surface area contributed by atoms with Crippen molar-refractivity contribution in [3.05, 3.63) is 12.7 Å². The molecule has 0 fully saturated rings. The van der Waals surface area contributed by atoms with Crippen LogP contribution in [-0.4, -0.2) is 45.3 Å². The first kappa shape index (κ1) is 11.6. The van der Waals surface area contributed by atoms with Crippen molar-refractivity contribution in [3.63, 3.8) is 0 Å². The number of rotatable bonds is 6. The van der Waals surface area contributed by atoms with Gasteiger partial charge >= 0.3 is 0 Å². The molecular weight excluding hydrogens is 160 g/mol. The van der Waals surface area contributed by atoms with E-state index >= 15 is 0 Å².